The molecular formula is C14H12Cl2N2O2. The second-order valence-electron chi connectivity index (χ2n) is 3.89. The summed E-state index contributed by atoms with van der Waals surface area (Å²) in [6, 6.07) is 10.3. The highest BCUT2D eigenvalue weighted by Crippen LogP contribution is 2.33. The summed E-state index contributed by atoms with van der Waals surface area (Å²) in [5.74, 6) is 0.281. The zero-order chi connectivity index (χ0) is 14.5. The van der Waals surface area contributed by atoms with Gasteiger partial charge in [-0.1, -0.05) is 23.2 Å². The van der Waals surface area contributed by atoms with E-state index < -0.39 is 0 Å². The molecule has 2 rings (SSSR count). The summed E-state index contributed by atoms with van der Waals surface area (Å²) in [6.45, 7) is 0. The van der Waals surface area contributed by atoms with E-state index in [0.29, 0.717) is 21.4 Å². The first-order chi connectivity index (χ1) is 9.61. The summed E-state index contributed by atoms with van der Waals surface area (Å²) >= 11 is 11.8. The fraction of sp³-hybridized carbons (Fsp3) is 0.0714. The Labute approximate surface area is 126 Å². The monoisotopic (exact) mass is 310 g/mol. The minimum Gasteiger partial charge on any atom is -0.504 e. The Hall–Kier alpha value is -1.91. The van der Waals surface area contributed by atoms with Crippen LogP contribution in [0.3, 0.4) is 0 Å². The van der Waals surface area contributed by atoms with Crippen LogP contribution < -0.4 is 10.2 Å². The number of nitrogens with zero attached hydrogens (tertiary/aromatic N) is 1. The van der Waals surface area contributed by atoms with Crippen molar-refractivity contribution in [3.05, 3.63) is 52.0 Å². The maximum absolute atomic E-state index is 9.96. The first-order valence-electron chi connectivity index (χ1n) is 5.72. The first kappa shape index (κ1) is 14.5. The largest absolute Gasteiger partial charge is 0.504 e. The maximum Gasteiger partial charge on any atom is 0.168 e. The van der Waals surface area contributed by atoms with Crippen molar-refractivity contribution in [2.45, 2.75) is 0 Å². The third kappa shape index (κ3) is 3.35. The van der Waals surface area contributed by atoms with Crippen LogP contribution in [0.5, 0.6) is 11.5 Å². The van der Waals surface area contributed by atoms with E-state index in [-0.39, 0.29) is 5.75 Å². The van der Waals surface area contributed by atoms with Crippen LogP contribution in [0.2, 0.25) is 10.0 Å². The van der Waals surface area contributed by atoms with Crippen LogP contribution in [-0.4, -0.2) is 18.4 Å². The Bertz CT molecular complexity index is 628. The molecule has 4 nitrogen and oxygen atoms in total. The molecule has 0 spiro atoms. The highest BCUT2D eigenvalue weighted by Gasteiger charge is 2.10. The normalized spacial score (nSPS) is 10.8. The Kier molecular flexibility index (Phi) is 4.71. The highest BCUT2D eigenvalue weighted by molar-refractivity contribution is 6.33. The SMILES string of the molecule is COc1ccc(Cl)c(C=NNc2ccc(Cl)cc2)c1O. The number of hydrogen-bond donors (Lipinski definition) is 2. The van der Waals surface area contributed by atoms with Crippen molar-refractivity contribution in [3.63, 3.8) is 0 Å². The summed E-state index contributed by atoms with van der Waals surface area (Å²) < 4.78 is 5.01. The number of hydrogen-bond acceptors (Lipinski definition) is 4. The molecule has 0 heterocycles. The Morgan fingerprint density at radius 2 is 1.85 bits per heavy atom. The molecule has 0 aliphatic heterocycles. The number of aromatic hydroxyl groups is 1. The number of anilines is 1. The van der Waals surface area contributed by atoms with Gasteiger partial charge < -0.3 is 9.84 Å². The minimum atomic E-state index is -0.0540. The lowest BCUT2D eigenvalue weighted by molar-refractivity contribution is 0.373. The minimum absolute atomic E-state index is 0.0540. The molecule has 2 aromatic rings. The van der Waals surface area contributed by atoms with Crippen LogP contribution in [0, 0.1) is 0 Å². The van der Waals surface area contributed by atoms with Gasteiger partial charge in [0.15, 0.2) is 11.5 Å². The summed E-state index contributed by atoms with van der Waals surface area (Å²) in [5, 5.41) is 15.0. The average Bonchev–Trinajstić information content (AvgIpc) is 2.44. The number of nitrogens with one attached hydrogen (secondary N) is 1. The Morgan fingerprint density at radius 3 is 2.50 bits per heavy atom. The standard InChI is InChI=1S/C14H12Cl2N2O2/c1-20-13-7-6-12(16)11(14(13)19)8-17-18-10-4-2-9(15)3-5-10/h2-8,18-19H,1H3. The molecule has 20 heavy (non-hydrogen) atoms. The molecule has 0 saturated carbocycles. The van der Waals surface area contributed by atoms with Crippen molar-refractivity contribution < 1.29 is 9.84 Å². The van der Waals surface area contributed by atoms with Gasteiger partial charge in [-0.15, -0.1) is 0 Å². The van der Waals surface area contributed by atoms with Gasteiger partial charge in [-0.2, -0.15) is 5.10 Å². The molecule has 0 aliphatic rings. The van der Waals surface area contributed by atoms with Crippen LogP contribution in [0.4, 0.5) is 5.69 Å². The van der Waals surface area contributed by atoms with Gasteiger partial charge in [0.2, 0.25) is 0 Å². The number of ether oxygens (including phenoxy) is 1. The molecule has 2 N–H and O–H groups in total. The topological polar surface area (TPSA) is 53.8 Å². The number of phenolic OH excluding ortho intramolecular Hbond substituents is 1. The third-order valence-corrected chi connectivity index (χ3v) is 3.16. The molecule has 104 valence electrons. The molecule has 0 aromatic heterocycles. The number of phenols is 1. The fourth-order valence-corrected chi connectivity index (χ4v) is 1.87. The van der Waals surface area contributed by atoms with Crippen LogP contribution in [0.15, 0.2) is 41.5 Å². The van der Waals surface area contributed by atoms with E-state index in [1.165, 1.54) is 13.3 Å². The van der Waals surface area contributed by atoms with Gasteiger partial charge in [-0.05, 0) is 36.4 Å². The molecule has 0 bridgehead atoms. The van der Waals surface area contributed by atoms with Crippen LogP contribution in [0.1, 0.15) is 5.56 Å². The van der Waals surface area contributed by atoms with Crippen molar-refractivity contribution in [2.24, 2.45) is 5.10 Å². The second-order valence-corrected chi connectivity index (χ2v) is 4.73. The van der Waals surface area contributed by atoms with E-state index in [2.05, 4.69) is 10.5 Å². The third-order valence-electron chi connectivity index (χ3n) is 2.58. The van der Waals surface area contributed by atoms with Crippen molar-refractivity contribution >= 4 is 35.1 Å². The van der Waals surface area contributed by atoms with Gasteiger partial charge in [0.05, 0.1) is 29.6 Å². The van der Waals surface area contributed by atoms with E-state index in [1.54, 1.807) is 36.4 Å². The van der Waals surface area contributed by atoms with Crippen molar-refractivity contribution in [1.29, 1.82) is 0 Å². The Morgan fingerprint density at radius 1 is 1.15 bits per heavy atom. The molecular weight excluding hydrogens is 299 g/mol. The van der Waals surface area contributed by atoms with Gasteiger partial charge in [-0.25, -0.2) is 0 Å². The molecule has 0 unspecified atom stereocenters. The van der Waals surface area contributed by atoms with E-state index in [0.717, 1.165) is 5.69 Å². The summed E-state index contributed by atoms with van der Waals surface area (Å²) in [5.41, 5.74) is 3.96. The summed E-state index contributed by atoms with van der Waals surface area (Å²) in [4.78, 5) is 0. The molecule has 2 aromatic carbocycles. The highest BCUT2D eigenvalue weighted by atomic mass is 35.5. The van der Waals surface area contributed by atoms with Crippen LogP contribution in [-0.2, 0) is 0 Å². The molecule has 0 fully saturated rings. The van der Waals surface area contributed by atoms with Crippen molar-refractivity contribution in [2.75, 3.05) is 12.5 Å². The van der Waals surface area contributed by atoms with Crippen molar-refractivity contribution in [1.82, 2.24) is 0 Å². The van der Waals surface area contributed by atoms with Crippen molar-refractivity contribution in [3.8, 4) is 11.5 Å². The second kappa shape index (κ2) is 6.50. The predicted molar refractivity (Wildman–Crippen MR) is 82.3 cm³/mol. The molecule has 0 saturated heterocycles. The number of benzene rings is 2. The number of rotatable bonds is 4. The zero-order valence-corrected chi connectivity index (χ0v) is 12.1. The van der Waals surface area contributed by atoms with Crippen LogP contribution in [0.25, 0.3) is 0 Å². The maximum atomic E-state index is 9.96. The number of methoxy groups -OCH3 is 1. The van der Waals surface area contributed by atoms with Crippen LogP contribution >= 0.6 is 23.2 Å². The lowest BCUT2D eigenvalue weighted by Crippen LogP contribution is -1.93. The fourth-order valence-electron chi connectivity index (χ4n) is 1.55. The lowest BCUT2D eigenvalue weighted by Gasteiger charge is -2.07. The smallest absolute Gasteiger partial charge is 0.168 e. The van der Waals surface area contributed by atoms with Gasteiger partial charge in [0.1, 0.15) is 0 Å². The quantitative estimate of drug-likeness (QED) is 0.658. The van der Waals surface area contributed by atoms with E-state index in [1.807, 2.05) is 0 Å². The van der Waals surface area contributed by atoms with Gasteiger partial charge in [0, 0.05) is 5.02 Å². The van der Waals surface area contributed by atoms with Gasteiger partial charge in [-0.3, -0.25) is 5.43 Å². The zero-order valence-electron chi connectivity index (χ0n) is 10.6. The molecule has 6 heteroatoms. The van der Waals surface area contributed by atoms with E-state index in [4.69, 9.17) is 27.9 Å². The predicted octanol–water partition coefficient (Wildman–Crippen LogP) is 4.15. The summed E-state index contributed by atoms with van der Waals surface area (Å²) in [7, 11) is 1.47. The van der Waals surface area contributed by atoms with Gasteiger partial charge >= 0.3 is 0 Å². The van der Waals surface area contributed by atoms with E-state index in [9.17, 15) is 5.11 Å². The molecule has 0 aliphatic carbocycles. The number of halogens is 2. The Balaban J connectivity index is 2.17. The summed E-state index contributed by atoms with van der Waals surface area (Å²) in [6.07, 6.45) is 1.43. The first-order valence-corrected chi connectivity index (χ1v) is 6.47. The molecule has 0 radical (unpaired) electrons. The van der Waals surface area contributed by atoms with E-state index >= 15 is 0 Å². The molecule has 0 amide bonds. The average molecular weight is 311 g/mol. The lowest BCUT2D eigenvalue weighted by atomic mass is 10.2. The van der Waals surface area contributed by atoms with Gasteiger partial charge in [0.25, 0.3) is 0 Å². The molecule has 0 atom stereocenters. The number of hydrazone groups is 1.